The summed E-state index contributed by atoms with van der Waals surface area (Å²) in [5.41, 5.74) is 5.40. The van der Waals surface area contributed by atoms with Crippen molar-refractivity contribution in [3.05, 3.63) is 70.8 Å². The number of benzene rings is 2. The maximum Gasteiger partial charge on any atom is 0.0294 e. The summed E-state index contributed by atoms with van der Waals surface area (Å²) in [6.07, 6.45) is 1.10. The highest BCUT2D eigenvalue weighted by Gasteiger charge is 2.04. The van der Waals surface area contributed by atoms with Gasteiger partial charge in [0.05, 0.1) is 0 Å². The second kappa shape index (κ2) is 6.53. The Morgan fingerprint density at radius 1 is 0.895 bits per heavy atom. The van der Waals surface area contributed by atoms with Gasteiger partial charge < -0.3 is 5.32 Å². The molecule has 0 saturated carbocycles. The molecular weight excluding hydrogens is 230 g/mol. The van der Waals surface area contributed by atoms with E-state index in [0.717, 1.165) is 13.0 Å². The Labute approximate surface area is 116 Å². The second-order valence-corrected chi connectivity index (χ2v) is 5.18. The van der Waals surface area contributed by atoms with Crippen molar-refractivity contribution in [1.29, 1.82) is 0 Å². The first-order chi connectivity index (χ1) is 9.19. The molecular formula is C18H23N. The summed E-state index contributed by atoms with van der Waals surface area (Å²) in [7, 11) is 0. The third-order valence-corrected chi connectivity index (χ3v) is 3.62. The zero-order valence-corrected chi connectivity index (χ0v) is 12.1. The van der Waals surface area contributed by atoms with Crippen LogP contribution in [0.3, 0.4) is 0 Å². The molecule has 1 heteroatoms. The van der Waals surface area contributed by atoms with E-state index in [1.165, 1.54) is 22.3 Å². The van der Waals surface area contributed by atoms with Crippen LogP contribution in [0.5, 0.6) is 0 Å². The maximum absolute atomic E-state index is 3.57. The SMILES string of the molecule is CCc1ccc(CN[C@H](C)c2ccc(C)cc2)cc1. The van der Waals surface area contributed by atoms with E-state index in [0.29, 0.717) is 6.04 Å². The Hall–Kier alpha value is -1.60. The molecule has 2 aromatic carbocycles. The molecule has 0 amide bonds. The van der Waals surface area contributed by atoms with Gasteiger partial charge in [0.2, 0.25) is 0 Å². The summed E-state index contributed by atoms with van der Waals surface area (Å²) < 4.78 is 0. The number of hydrogen-bond donors (Lipinski definition) is 1. The lowest BCUT2D eigenvalue weighted by molar-refractivity contribution is 0.574. The summed E-state index contributed by atoms with van der Waals surface area (Å²) in [5, 5.41) is 3.57. The van der Waals surface area contributed by atoms with Crippen molar-refractivity contribution in [2.75, 3.05) is 0 Å². The molecule has 100 valence electrons. The van der Waals surface area contributed by atoms with Gasteiger partial charge in [0.15, 0.2) is 0 Å². The lowest BCUT2D eigenvalue weighted by Crippen LogP contribution is -2.18. The first-order valence-electron chi connectivity index (χ1n) is 7.07. The molecule has 19 heavy (non-hydrogen) atoms. The number of aryl methyl sites for hydroxylation is 2. The Kier molecular flexibility index (Phi) is 4.75. The molecule has 1 atom stereocenters. The van der Waals surface area contributed by atoms with E-state index in [1.54, 1.807) is 0 Å². The molecule has 0 fully saturated rings. The van der Waals surface area contributed by atoms with Crippen LogP contribution < -0.4 is 5.32 Å². The van der Waals surface area contributed by atoms with Gasteiger partial charge in [0.25, 0.3) is 0 Å². The minimum atomic E-state index is 0.381. The molecule has 0 aliphatic rings. The fraction of sp³-hybridized carbons (Fsp3) is 0.333. The average molecular weight is 253 g/mol. The lowest BCUT2D eigenvalue weighted by atomic mass is 10.1. The quantitative estimate of drug-likeness (QED) is 0.832. The Balaban J connectivity index is 1.92. The predicted molar refractivity (Wildman–Crippen MR) is 82.3 cm³/mol. The highest BCUT2D eigenvalue weighted by molar-refractivity contribution is 5.25. The fourth-order valence-corrected chi connectivity index (χ4v) is 2.14. The van der Waals surface area contributed by atoms with E-state index in [4.69, 9.17) is 0 Å². The van der Waals surface area contributed by atoms with Gasteiger partial charge in [-0.25, -0.2) is 0 Å². The van der Waals surface area contributed by atoms with Gasteiger partial charge in [0.1, 0.15) is 0 Å². The second-order valence-electron chi connectivity index (χ2n) is 5.18. The lowest BCUT2D eigenvalue weighted by Gasteiger charge is -2.14. The molecule has 0 aliphatic carbocycles. The van der Waals surface area contributed by atoms with Crippen molar-refractivity contribution < 1.29 is 0 Å². The van der Waals surface area contributed by atoms with Crippen LogP contribution in [0.15, 0.2) is 48.5 Å². The number of hydrogen-bond acceptors (Lipinski definition) is 1. The van der Waals surface area contributed by atoms with E-state index in [1.807, 2.05) is 0 Å². The third kappa shape index (κ3) is 3.93. The van der Waals surface area contributed by atoms with E-state index in [9.17, 15) is 0 Å². The monoisotopic (exact) mass is 253 g/mol. The molecule has 0 unspecified atom stereocenters. The van der Waals surface area contributed by atoms with E-state index in [2.05, 4.69) is 74.6 Å². The Morgan fingerprint density at radius 3 is 2.05 bits per heavy atom. The van der Waals surface area contributed by atoms with Crippen molar-refractivity contribution in [2.24, 2.45) is 0 Å². The van der Waals surface area contributed by atoms with Crippen LogP contribution in [0.25, 0.3) is 0 Å². The van der Waals surface area contributed by atoms with Gasteiger partial charge in [0, 0.05) is 12.6 Å². The molecule has 0 aromatic heterocycles. The molecule has 1 N–H and O–H groups in total. The van der Waals surface area contributed by atoms with Crippen LogP contribution >= 0.6 is 0 Å². The first kappa shape index (κ1) is 13.8. The van der Waals surface area contributed by atoms with Crippen molar-refractivity contribution in [1.82, 2.24) is 5.32 Å². The molecule has 0 spiro atoms. The van der Waals surface area contributed by atoms with Gasteiger partial charge in [-0.15, -0.1) is 0 Å². The van der Waals surface area contributed by atoms with Gasteiger partial charge in [-0.3, -0.25) is 0 Å². The van der Waals surface area contributed by atoms with Gasteiger partial charge in [-0.05, 0) is 37.0 Å². The summed E-state index contributed by atoms with van der Waals surface area (Å²) in [6.45, 7) is 7.44. The van der Waals surface area contributed by atoms with E-state index < -0.39 is 0 Å². The fourth-order valence-electron chi connectivity index (χ4n) is 2.14. The van der Waals surface area contributed by atoms with Crippen LogP contribution in [0.2, 0.25) is 0 Å². The third-order valence-electron chi connectivity index (χ3n) is 3.62. The number of nitrogens with one attached hydrogen (secondary N) is 1. The predicted octanol–water partition coefficient (Wildman–Crippen LogP) is 4.41. The largest absolute Gasteiger partial charge is 0.306 e. The molecule has 0 radical (unpaired) electrons. The summed E-state index contributed by atoms with van der Waals surface area (Å²) >= 11 is 0. The van der Waals surface area contributed by atoms with E-state index >= 15 is 0 Å². The maximum atomic E-state index is 3.57. The van der Waals surface area contributed by atoms with Crippen molar-refractivity contribution >= 4 is 0 Å². The summed E-state index contributed by atoms with van der Waals surface area (Å²) in [4.78, 5) is 0. The highest BCUT2D eigenvalue weighted by atomic mass is 14.9. The topological polar surface area (TPSA) is 12.0 Å². The molecule has 0 bridgehead atoms. The van der Waals surface area contributed by atoms with Crippen molar-refractivity contribution in [3.8, 4) is 0 Å². The normalized spacial score (nSPS) is 12.4. The van der Waals surface area contributed by atoms with Crippen LogP contribution in [0.1, 0.15) is 42.1 Å². The molecule has 0 saturated heterocycles. The minimum absolute atomic E-state index is 0.381. The average Bonchev–Trinajstić information content (AvgIpc) is 2.46. The smallest absolute Gasteiger partial charge is 0.0294 e. The highest BCUT2D eigenvalue weighted by Crippen LogP contribution is 2.14. The van der Waals surface area contributed by atoms with Gasteiger partial charge in [-0.1, -0.05) is 61.0 Å². The number of rotatable bonds is 5. The first-order valence-corrected chi connectivity index (χ1v) is 7.07. The Bertz CT molecular complexity index is 496. The molecule has 2 aromatic rings. The van der Waals surface area contributed by atoms with Gasteiger partial charge >= 0.3 is 0 Å². The molecule has 0 aliphatic heterocycles. The van der Waals surface area contributed by atoms with Crippen LogP contribution in [-0.4, -0.2) is 0 Å². The van der Waals surface area contributed by atoms with Gasteiger partial charge in [-0.2, -0.15) is 0 Å². The summed E-state index contributed by atoms with van der Waals surface area (Å²) in [5.74, 6) is 0. The van der Waals surface area contributed by atoms with E-state index in [-0.39, 0.29) is 0 Å². The van der Waals surface area contributed by atoms with Crippen molar-refractivity contribution in [2.45, 2.75) is 39.8 Å². The van der Waals surface area contributed by atoms with Crippen LogP contribution in [0.4, 0.5) is 0 Å². The molecule has 1 nitrogen and oxygen atoms in total. The zero-order chi connectivity index (χ0) is 13.7. The standard InChI is InChI=1S/C18H23N/c1-4-16-7-9-17(10-8-16)13-19-15(3)18-11-5-14(2)6-12-18/h5-12,15,19H,4,13H2,1-3H3/t15-/m1/s1. The van der Waals surface area contributed by atoms with Crippen LogP contribution in [-0.2, 0) is 13.0 Å². The van der Waals surface area contributed by atoms with Crippen LogP contribution in [0, 0.1) is 6.92 Å². The Morgan fingerprint density at radius 2 is 1.47 bits per heavy atom. The minimum Gasteiger partial charge on any atom is -0.306 e. The molecule has 0 heterocycles. The molecule has 2 rings (SSSR count). The zero-order valence-electron chi connectivity index (χ0n) is 12.1. The van der Waals surface area contributed by atoms with Crippen molar-refractivity contribution in [3.63, 3.8) is 0 Å². The summed E-state index contributed by atoms with van der Waals surface area (Å²) in [6, 6.07) is 18.0.